The Kier molecular flexibility index (Phi) is 4.69. The topological polar surface area (TPSA) is 60.4 Å². The molecule has 0 aliphatic carbocycles. The van der Waals surface area contributed by atoms with Gasteiger partial charge in [0.15, 0.2) is 5.82 Å². The van der Waals surface area contributed by atoms with Crippen LogP contribution >= 0.6 is 43.2 Å². The second-order valence-corrected chi connectivity index (χ2v) is 9.10. The van der Waals surface area contributed by atoms with E-state index in [4.69, 9.17) is 4.42 Å². The van der Waals surface area contributed by atoms with Crippen molar-refractivity contribution in [1.29, 1.82) is 0 Å². The van der Waals surface area contributed by atoms with Gasteiger partial charge < -0.3 is 4.42 Å². The summed E-state index contributed by atoms with van der Waals surface area (Å²) in [5.74, 6) is 1.88. The van der Waals surface area contributed by atoms with Gasteiger partial charge in [0.25, 0.3) is 5.56 Å². The standard InChI is InChI=1S/C21H11Br2N3O2S/c22-14-5-1-12(2-6-14)17-10-9-16(28-17)11-18-20(27)26-21(29-18)24-19(25-26)13-3-7-15(23)8-4-13/h1-11H/b18-11-. The van der Waals surface area contributed by atoms with E-state index >= 15 is 0 Å². The van der Waals surface area contributed by atoms with Gasteiger partial charge in [-0.15, -0.1) is 5.10 Å². The van der Waals surface area contributed by atoms with Crippen molar-refractivity contribution in [3.05, 3.63) is 90.3 Å². The third kappa shape index (κ3) is 3.59. The van der Waals surface area contributed by atoms with Gasteiger partial charge in [0.05, 0.1) is 0 Å². The van der Waals surface area contributed by atoms with E-state index in [9.17, 15) is 4.79 Å². The summed E-state index contributed by atoms with van der Waals surface area (Å²) in [6, 6.07) is 19.3. The molecule has 5 rings (SSSR count). The molecular formula is C21H11Br2N3O2S. The molecule has 0 N–H and O–H groups in total. The molecule has 0 amide bonds. The number of aromatic nitrogens is 3. The van der Waals surface area contributed by atoms with Crippen molar-refractivity contribution in [2.24, 2.45) is 0 Å². The molecule has 0 spiro atoms. The summed E-state index contributed by atoms with van der Waals surface area (Å²) >= 11 is 8.12. The van der Waals surface area contributed by atoms with Crippen molar-refractivity contribution in [1.82, 2.24) is 14.6 Å². The van der Waals surface area contributed by atoms with Gasteiger partial charge in [-0.3, -0.25) is 4.79 Å². The van der Waals surface area contributed by atoms with Crippen LogP contribution in [-0.2, 0) is 0 Å². The van der Waals surface area contributed by atoms with E-state index in [0.29, 0.717) is 21.1 Å². The summed E-state index contributed by atoms with van der Waals surface area (Å²) in [7, 11) is 0. The zero-order chi connectivity index (χ0) is 20.0. The van der Waals surface area contributed by atoms with Crippen molar-refractivity contribution < 1.29 is 4.42 Å². The molecule has 0 bridgehead atoms. The number of hydrogen-bond donors (Lipinski definition) is 0. The van der Waals surface area contributed by atoms with Gasteiger partial charge >= 0.3 is 0 Å². The number of nitrogens with zero attached hydrogens (tertiary/aromatic N) is 3. The van der Waals surface area contributed by atoms with Crippen LogP contribution in [0.3, 0.4) is 0 Å². The smallest absolute Gasteiger partial charge is 0.291 e. The number of rotatable bonds is 3. The average Bonchev–Trinajstić information content (AvgIpc) is 3.41. The van der Waals surface area contributed by atoms with Gasteiger partial charge in [0.1, 0.15) is 16.1 Å². The molecule has 2 aromatic carbocycles. The summed E-state index contributed by atoms with van der Waals surface area (Å²) in [5.41, 5.74) is 1.62. The molecule has 29 heavy (non-hydrogen) atoms. The van der Waals surface area contributed by atoms with Crippen molar-refractivity contribution >= 4 is 54.2 Å². The molecule has 3 heterocycles. The van der Waals surface area contributed by atoms with Crippen LogP contribution < -0.4 is 10.1 Å². The van der Waals surface area contributed by atoms with Gasteiger partial charge in [0.2, 0.25) is 4.96 Å². The van der Waals surface area contributed by atoms with Crippen LogP contribution in [0.5, 0.6) is 0 Å². The number of furan rings is 1. The Bertz CT molecular complexity index is 1430. The molecule has 5 nitrogen and oxygen atoms in total. The lowest BCUT2D eigenvalue weighted by atomic mass is 10.2. The first kappa shape index (κ1) is 18.5. The number of fused-ring (bicyclic) bond motifs is 1. The first-order chi connectivity index (χ1) is 14.1. The lowest BCUT2D eigenvalue weighted by Gasteiger charge is -1.96. The van der Waals surface area contributed by atoms with Gasteiger partial charge in [0, 0.05) is 26.1 Å². The maximum atomic E-state index is 12.7. The Morgan fingerprint density at radius 1 is 0.897 bits per heavy atom. The molecule has 0 aliphatic heterocycles. The summed E-state index contributed by atoms with van der Waals surface area (Å²) in [6.07, 6.45) is 1.73. The number of halogens is 2. The fourth-order valence-electron chi connectivity index (χ4n) is 2.88. The Labute approximate surface area is 185 Å². The van der Waals surface area contributed by atoms with Crippen molar-refractivity contribution in [3.8, 4) is 22.7 Å². The second kappa shape index (κ2) is 7.37. The second-order valence-electron chi connectivity index (χ2n) is 6.26. The average molecular weight is 529 g/mol. The van der Waals surface area contributed by atoms with Crippen LogP contribution in [0, 0.1) is 0 Å². The summed E-state index contributed by atoms with van der Waals surface area (Å²) in [5, 5.41) is 4.37. The third-order valence-electron chi connectivity index (χ3n) is 4.31. The van der Waals surface area contributed by atoms with Crippen molar-refractivity contribution in [3.63, 3.8) is 0 Å². The van der Waals surface area contributed by atoms with E-state index in [1.54, 1.807) is 6.08 Å². The maximum Gasteiger partial charge on any atom is 0.291 e. The Hall–Kier alpha value is -2.55. The van der Waals surface area contributed by atoms with Gasteiger partial charge in [-0.05, 0) is 36.4 Å². The van der Waals surface area contributed by atoms with E-state index < -0.39 is 0 Å². The predicted octanol–water partition coefficient (Wildman–Crippen LogP) is 5.15. The molecule has 0 aliphatic rings. The van der Waals surface area contributed by atoms with E-state index in [2.05, 4.69) is 41.9 Å². The van der Waals surface area contributed by atoms with E-state index in [1.807, 2.05) is 60.7 Å². The lowest BCUT2D eigenvalue weighted by molar-refractivity contribution is 0.571. The molecule has 0 unspecified atom stereocenters. The van der Waals surface area contributed by atoms with Crippen LogP contribution in [0.2, 0.25) is 0 Å². The molecule has 0 saturated carbocycles. The van der Waals surface area contributed by atoms with Gasteiger partial charge in [-0.25, -0.2) is 0 Å². The highest BCUT2D eigenvalue weighted by Crippen LogP contribution is 2.24. The van der Waals surface area contributed by atoms with Crippen LogP contribution in [0.1, 0.15) is 5.76 Å². The summed E-state index contributed by atoms with van der Waals surface area (Å²) in [4.78, 5) is 17.8. The quantitative estimate of drug-likeness (QED) is 0.325. The fraction of sp³-hybridized carbons (Fsp3) is 0. The minimum Gasteiger partial charge on any atom is -0.457 e. The van der Waals surface area contributed by atoms with Crippen LogP contribution in [0.4, 0.5) is 0 Å². The Morgan fingerprint density at radius 3 is 2.21 bits per heavy atom. The molecule has 0 fully saturated rings. The van der Waals surface area contributed by atoms with Gasteiger partial charge in [-0.1, -0.05) is 67.5 Å². The first-order valence-electron chi connectivity index (χ1n) is 8.60. The minimum absolute atomic E-state index is 0.206. The van der Waals surface area contributed by atoms with Gasteiger partial charge in [-0.2, -0.15) is 9.50 Å². The fourth-order valence-corrected chi connectivity index (χ4v) is 4.30. The largest absolute Gasteiger partial charge is 0.457 e. The highest BCUT2D eigenvalue weighted by molar-refractivity contribution is 9.10. The molecule has 3 aromatic heterocycles. The molecule has 5 aromatic rings. The van der Waals surface area contributed by atoms with E-state index in [-0.39, 0.29) is 5.56 Å². The molecule has 0 radical (unpaired) electrons. The van der Waals surface area contributed by atoms with Crippen LogP contribution in [0.25, 0.3) is 33.7 Å². The Morgan fingerprint density at radius 2 is 1.55 bits per heavy atom. The van der Waals surface area contributed by atoms with Crippen LogP contribution in [-0.4, -0.2) is 14.6 Å². The van der Waals surface area contributed by atoms with Crippen LogP contribution in [0.15, 0.2) is 78.8 Å². The summed E-state index contributed by atoms with van der Waals surface area (Å²) in [6.45, 7) is 0. The highest BCUT2D eigenvalue weighted by Gasteiger charge is 2.12. The monoisotopic (exact) mass is 527 g/mol. The van der Waals surface area contributed by atoms with E-state index in [0.717, 1.165) is 25.8 Å². The predicted molar refractivity (Wildman–Crippen MR) is 121 cm³/mol. The SMILES string of the molecule is O=c1/c(=C/c2ccc(-c3ccc(Br)cc3)o2)sc2nc(-c3ccc(Br)cc3)nn12. The lowest BCUT2D eigenvalue weighted by Crippen LogP contribution is -2.23. The first-order valence-corrected chi connectivity index (χ1v) is 11.0. The molecule has 0 atom stereocenters. The molecular weight excluding hydrogens is 518 g/mol. The van der Waals surface area contributed by atoms with Crippen molar-refractivity contribution in [2.75, 3.05) is 0 Å². The van der Waals surface area contributed by atoms with E-state index in [1.165, 1.54) is 15.9 Å². The third-order valence-corrected chi connectivity index (χ3v) is 6.33. The summed E-state index contributed by atoms with van der Waals surface area (Å²) < 4.78 is 9.74. The zero-order valence-corrected chi connectivity index (χ0v) is 18.7. The maximum absolute atomic E-state index is 12.7. The minimum atomic E-state index is -0.206. The number of hydrogen-bond acceptors (Lipinski definition) is 5. The van der Waals surface area contributed by atoms with Crippen molar-refractivity contribution in [2.45, 2.75) is 0 Å². The number of benzene rings is 2. The Balaban J connectivity index is 1.51. The molecule has 142 valence electrons. The molecule has 0 saturated heterocycles. The number of thiazole rings is 1. The molecule has 8 heteroatoms. The highest BCUT2D eigenvalue weighted by atomic mass is 79.9. The normalized spacial score (nSPS) is 12.1. The zero-order valence-electron chi connectivity index (χ0n) is 14.7.